The first-order valence-electron chi connectivity index (χ1n) is 5.24. The largest absolute Gasteiger partial charge is 0.316 e. The zero-order chi connectivity index (χ0) is 10.4. The van der Waals surface area contributed by atoms with E-state index in [-0.39, 0.29) is 0 Å². The Morgan fingerprint density at radius 2 is 1.86 bits per heavy atom. The first-order chi connectivity index (χ1) is 6.77. The van der Waals surface area contributed by atoms with Gasteiger partial charge in [0.1, 0.15) is 0 Å². The van der Waals surface area contributed by atoms with Crippen LogP contribution in [0.1, 0.15) is 31.7 Å². The molecule has 1 aromatic carbocycles. The summed E-state index contributed by atoms with van der Waals surface area (Å²) >= 11 is 3.45. The first-order valence-corrected chi connectivity index (χ1v) is 6.03. The fourth-order valence-electron chi connectivity index (χ4n) is 1.55. The highest BCUT2D eigenvalue weighted by molar-refractivity contribution is 9.10. The van der Waals surface area contributed by atoms with E-state index in [0.29, 0.717) is 5.92 Å². The van der Waals surface area contributed by atoms with Gasteiger partial charge in [0.25, 0.3) is 0 Å². The van der Waals surface area contributed by atoms with Crippen molar-refractivity contribution in [1.82, 2.24) is 5.32 Å². The summed E-state index contributed by atoms with van der Waals surface area (Å²) in [7, 11) is 0. The van der Waals surface area contributed by atoms with E-state index in [1.54, 1.807) is 0 Å². The monoisotopic (exact) mass is 255 g/mol. The van der Waals surface area contributed by atoms with E-state index in [2.05, 4.69) is 59.4 Å². The Hall–Kier alpha value is -0.340. The van der Waals surface area contributed by atoms with Crippen molar-refractivity contribution in [3.8, 4) is 0 Å². The highest BCUT2D eigenvalue weighted by atomic mass is 79.9. The molecule has 0 aromatic heterocycles. The third-order valence-electron chi connectivity index (χ3n) is 2.47. The van der Waals surface area contributed by atoms with Crippen molar-refractivity contribution >= 4 is 15.9 Å². The van der Waals surface area contributed by atoms with Crippen LogP contribution < -0.4 is 5.32 Å². The van der Waals surface area contributed by atoms with Crippen LogP contribution in [-0.2, 0) is 0 Å². The van der Waals surface area contributed by atoms with Crippen LogP contribution in [0.3, 0.4) is 0 Å². The Balaban J connectivity index is 2.64. The third kappa shape index (κ3) is 3.43. The molecule has 0 bridgehead atoms. The van der Waals surface area contributed by atoms with Gasteiger partial charge in [0.15, 0.2) is 0 Å². The molecule has 1 nitrogen and oxygen atoms in total. The number of halogens is 1. The number of hydrogen-bond donors (Lipinski definition) is 1. The van der Waals surface area contributed by atoms with Crippen LogP contribution in [0.2, 0.25) is 0 Å². The van der Waals surface area contributed by atoms with Crippen molar-refractivity contribution in [2.45, 2.75) is 26.2 Å². The van der Waals surface area contributed by atoms with Crippen LogP contribution >= 0.6 is 15.9 Å². The van der Waals surface area contributed by atoms with Crippen molar-refractivity contribution in [2.75, 3.05) is 13.1 Å². The SMILES string of the molecule is CCNCC(CC)c1ccc(Br)cc1. The van der Waals surface area contributed by atoms with E-state index in [1.165, 1.54) is 12.0 Å². The predicted molar refractivity (Wildman–Crippen MR) is 65.7 cm³/mol. The van der Waals surface area contributed by atoms with Crippen LogP contribution in [0, 0.1) is 0 Å². The van der Waals surface area contributed by atoms with Gasteiger partial charge in [-0.2, -0.15) is 0 Å². The second-order valence-electron chi connectivity index (χ2n) is 3.46. The summed E-state index contributed by atoms with van der Waals surface area (Å²) in [6.45, 7) is 6.51. The fourth-order valence-corrected chi connectivity index (χ4v) is 1.82. The molecule has 0 aliphatic heterocycles. The van der Waals surface area contributed by atoms with Gasteiger partial charge in [-0.1, -0.05) is 41.9 Å². The number of nitrogens with one attached hydrogen (secondary N) is 1. The lowest BCUT2D eigenvalue weighted by atomic mass is 9.96. The molecule has 1 rings (SSSR count). The molecule has 0 saturated carbocycles. The lowest BCUT2D eigenvalue weighted by Crippen LogP contribution is -2.20. The van der Waals surface area contributed by atoms with E-state index in [0.717, 1.165) is 17.6 Å². The molecular formula is C12H18BrN. The van der Waals surface area contributed by atoms with Gasteiger partial charge in [-0.05, 0) is 36.6 Å². The van der Waals surface area contributed by atoms with Crippen molar-refractivity contribution in [2.24, 2.45) is 0 Å². The summed E-state index contributed by atoms with van der Waals surface area (Å²) in [5.74, 6) is 0.642. The molecule has 0 saturated heterocycles. The van der Waals surface area contributed by atoms with Crippen molar-refractivity contribution in [1.29, 1.82) is 0 Å². The van der Waals surface area contributed by atoms with Crippen molar-refractivity contribution in [3.63, 3.8) is 0 Å². The highest BCUT2D eigenvalue weighted by Crippen LogP contribution is 2.20. The summed E-state index contributed by atoms with van der Waals surface area (Å²) in [6, 6.07) is 8.64. The maximum absolute atomic E-state index is 3.45. The molecule has 1 unspecified atom stereocenters. The summed E-state index contributed by atoms with van der Waals surface area (Å²) in [5.41, 5.74) is 1.43. The Kier molecular flexibility index (Phi) is 5.20. The smallest absolute Gasteiger partial charge is 0.0175 e. The Morgan fingerprint density at radius 3 is 2.36 bits per heavy atom. The molecule has 78 valence electrons. The standard InChI is InChI=1S/C12H18BrN/c1-3-10(9-14-4-2)11-5-7-12(13)8-6-11/h5-8,10,14H,3-4,9H2,1-2H3. The second kappa shape index (κ2) is 6.20. The molecule has 1 atom stereocenters. The molecule has 0 amide bonds. The molecule has 2 heteroatoms. The summed E-state index contributed by atoms with van der Waals surface area (Å²) in [5, 5.41) is 3.40. The average Bonchev–Trinajstić information content (AvgIpc) is 2.21. The van der Waals surface area contributed by atoms with Gasteiger partial charge in [0, 0.05) is 11.0 Å². The number of benzene rings is 1. The first kappa shape index (κ1) is 11.7. The van der Waals surface area contributed by atoms with Gasteiger partial charge in [-0.3, -0.25) is 0 Å². The topological polar surface area (TPSA) is 12.0 Å². The maximum Gasteiger partial charge on any atom is 0.0175 e. The minimum atomic E-state index is 0.642. The van der Waals surface area contributed by atoms with Crippen molar-refractivity contribution in [3.05, 3.63) is 34.3 Å². The molecule has 0 heterocycles. The van der Waals surface area contributed by atoms with E-state index in [9.17, 15) is 0 Å². The zero-order valence-electron chi connectivity index (χ0n) is 8.89. The summed E-state index contributed by atoms with van der Waals surface area (Å²) < 4.78 is 1.15. The second-order valence-corrected chi connectivity index (χ2v) is 4.38. The van der Waals surface area contributed by atoms with Crippen molar-refractivity contribution < 1.29 is 0 Å². The third-order valence-corrected chi connectivity index (χ3v) is 3.00. The van der Waals surface area contributed by atoms with Gasteiger partial charge in [0.05, 0.1) is 0 Å². The molecule has 0 aliphatic rings. The Bertz CT molecular complexity index is 256. The van der Waals surface area contributed by atoms with Gasteiger partial charge in [-0.15, -0.1) is 0 Å². The molecule has 0 aliphatic carbocycles. The number of hydrogen-bond acceptors (Lipinski definition) is 1. The average molecular weight is 256 g/mol. The van der Waals surface area contributed by atoms with E-state index in [4.69, 9.17) is 0 Å². The number of likely N-dealkylation sites (N-methyl/N-ethyl adjacent to an activating group) is 1. The molecule has 14 heavy (non-hydrogen) atoms. The number of rotatable bonds is 5. The minimum Gasteiger partial charge on any atom is -0.316 e. The predicted octanol–water partition coefficient (Wildman–Crippen LogP) is 3.55. The lowest BCUT2D eigenvalue weighted by molar-refractivity contribution is 0.584. The molecule has 1 N–H and O–H groups in total. The minimum absolute atomic E-state index is 0.642. The van der Waals surface area contributed by atoms with Gasteiger partial charge < -0.3 is 5.32 Å². The van der Waals surface area contributed by atoms with Gasteiger partial charge in [0.2, 0.25) is 0 Å². The van der Waals surface area contributed by atoms with Crippen LogP contribution in [0.25, 0.3) is 0 Å². The van der Waals surface area contributed by atoms with Crippen LogP contribution in [0.15, 0.2) is 28.7 Å². The molecule has 0 spiro atoms. The fraction of sp³-hybridized carbons (Fsp3) is 0.500. The maximum atomic E-state index is 3.45. The molecule has 1 aromatic rings. The van der Waals surface area contributed by atoms with E-state index >= 15 is 0 Å². The normalized spacial score (nSPS) is 12.8. The van der Waals surface area contributed by atoms with Gasteiger partial charge in [-0.25, -0.2) is 0 Å². The quantitative estimate of drug-likeness (QED) is 0.849. The Labute approximate surface area is 95.0 Å². The summed E-state index contributed by atoms with van der Waals surface area (Å²) in [6.07, 6.45) is 1.19. The highest BCUT2D eigenvalue weighted by Gasteiger charge is 2.07. The molecular weight excluding hydrogens is 238 g/mol. The lowest BCUT2D eigenvalue weighted by Gasteiger charge is -2.15. The van der Waals surface area contributed by atoms with E-state index in [1.807, 2.05) is 0 Å². The van der Waals surface area contributed by atoms with Crippen LogP contribution in [0.4, 0.5) is 0 Å². The summed E-state index contributed by atoms with van der Waals surface area (Å²) in [4.78, 5) is 0. The Morgan fingerprint density at radius 1 is 1.21 bits per heavy atom. The molecule has 0 radical (unpaired) electrons. The van der Waals surface area contributed by atoms with Crippen LogP contribution in [0.5, 0.6) is 0 Å². The van der Waals surface area contributed by atoms with E-state index < -0.39 is 0 Å². The zero-order valence-corrected chi connectivity index (χ0v) is 10.5. The van der Waals surface area contributed by atoms with Gasteiger partial charge >= 0.3 is 0 Å². The van der Waals surface area contributed by atoms with Crippen LogP contribution in [-0.4, -0.2) is 13.1 Å². The molecule has 0 fully saturated rings.